The minimum atomic E-state index is -0.432. The van der Waals surface area contributed by atoms with Crippen molar-refractivity contribution in [3.05, 3.63) is 42.1 Å². The van der Waals surface area contributed by atoms with Gasteiger partial charge in [0.25, 0.3) is 0 Å². The van der Waals surface area contributed by atoms with Gasteiger partial charge in [0.1, 0.15) is 5.82 Å². The summed E-state index contributed by atoms with van der Waals surface area (Å²) in [5.41, 5.74) is 2.88. The molecule has 1 N–H and O–H groups in total. The molecule has 0 bridgehead atoms. The number of aliphatic hydroxyl groups excluding tert-OH is 1. The summed E-state index contributed by atoms with van der Waals surface area (Å²) in [6.45, 7) is 1.07. The van der Waals surface area contributed by atoms with E-state index in [1.807, 2.05) is 4.57 Å². The van der Waals surface area contributed by atoms with E-state index in [4.69, 9.17) is 4.74 Å². The Morgan fingerprint density at radius 2 is 2.30 bits per heavy atom. The number of hydrogen-bond acceptors (Lipinski definition) is 3. The molecule has 2 unspecified atom stereocenters. The molecule has 20 heavy (non-hydrogen) atoms. The highest BCUT2D eigenvalue weighted by Crippen LogP contribution is 2.45. The van der Waals surface area contributed by atoms with Crippen LogP contribution in [0.4, 0.5) is 4.39 Å². The van der Waals surface area contributed by atoms with Gasteiger partial charge in [-0.1, -0.05) is 0 Å². The predicted octanol–water partition coefficient (Wildman–Crippen LogP) is 1.99. The zero-order valence-corrected chi connectivity index (χ0v) is 10.9. The van der Waals surface area contributed by atoms with Crippen molar-refractivity contribution < 1.29 is 14.2 Å². The monoisotopic (exact) mass is 274 g/mol. The molecular formula is C15H15FN2O2. The van der Waals surface area contributed by atoms with Gasteiger partial charge < -0.3 is 14.4 Å². The molecule has 2 aromatic rings. The number of aromatic nitrogens is 2. The maximum atomic E-state index is 13.6. The lowest BCUT2D eigenvalue weighted by Gasteiger charge is -2.33. The average Bonchev–Trinajstić information content (AvgIpc) is 3.00. The van der Waals surface area contributed by atoms with Crippen molar-refractivity contribution in [2.24, 2.45) is 5.92 Å². The first-order valence-electron chi connectivity index (χ1n) is 6.83. The predicted molar refractivity (Wildman–Crippen MR) is 70.7 cm³/mol. The van der Waals surface area contributed by atoms with Gasteiger partial charge in [-0.3, -0.25) is 0 Å². The van der Waals surface area contributed by atoms with E-state index in [0.717, 1.165) is 16.8 Å². The Labute approximate surface area is 115 Å². The topological polar surface area (TPSA) is 47.3 Å². The highest BCUT2D eigenvalue weighted by Gasteiger charge is 2.39. The summed E-state index contributed by atoms with van der Waals surface area (Å²) in [6, 6.07) is 4.71. The lowest BCUT2D eigenvalue weighted by atomic mass is 9.86. The maximum Gasteiger partial charge on any atom is 0.123 e. The van der Waals surface area contributed by atoms with Crippen LogP contribution in [0.1, 0.15) is 18.0 Å². The second kappa shape index (κ2) is 4.40. The number of imidazole rings is 1. The third-order valence-corrected chi connectivity index (χ3v) is 4.34. The molecule has 0 radical (unpaired) electrons. The largest absolute Gasteiger partial charge is 0.393 e. The van der Waals surface area contributed by atoms with Crippen LogP contribution in [0.2, 0.25) is 0 Å². The van der Waals surface area contributed by atoms with Crippen molar-refractivity contribution in [3.63, 3.8) is 0 Å². The van der Waals surface area contributed by atoms with E-state index >= 15 is 0 Å². The standard InChI is InChI=1S/C15H15FN2O2/c16-9-1-2-10-11(5-9)15(18-8-17-6-13(10)18)12-7-20-4-3-14(12)19/h1-2,5-6,8,12,14-15,19H,3-4,7H2/t12?,14-,15?/m0/s1. The minimum absolute atomic E-state index is 0.0697. The number of nitrogens with zero attached hydrogens (tertiary/aromatic N) is 2. The first kappa shape index (κ1) is 12.1. The lowest BCUT2D eigenvalue weighted by Crippen LogP contribution is -2.37. The summed E-state index contributed by atoms with van der Waals surface area (Å²) in [4.78, 5) is 4.18. The fraction of sp³-hybridized carbons (Fsp3) is 0.400. The second-order valence-corrected chi connectivity index (χ2v) is 5.46. The molecule has 1 saturated heterocycles. The van der Waals surface area contributed by atoms with E-state index in [9.17, 15) is 9.50 Å². The van der Waals surface area contributed by atoms with E-state index in [1.165, 1.54) is 6.07 Å². The molecule has 5 heteroatoms. The lowest BCUT2D eigenvalue weighted by molar-refractivity contribution is -0.0481. The van der Waals surface area contributed by atoms with Gasteiger partial charge in [0.2, 0.25) is 0 Å². The quantitative estimate of drug-likeness (QED) is 0.865. The number of ether oxygens (including phenoxy) is 1. The molecule has 104 valence electrons. The number of hydrogen-bond donors (Lipinski definition) is 1. The summed E-state index contributed by atoms with van der Waals surface area (Å²) >= 11 is 0. The molecule has 0 saturated carbocycles. The van der Waals surface area contributed by atoms with Crippen molar-refractivity contribution in [3.8, 4) is 11.3 Å². The fourth-order valence-electron chi connectivity index (χ4n) is 3.38. The third kappa shape index (κ3) is 1.63. The molecule has 3 atom stereocenters. The number of aliphatic hydroxyl groups is 1. The molecule has 1 fully saturated rings. The van der Waals surface area contributed by atoms with Gasteiger partial charge in [-0.2, -0.15) is 0 Å². The fourth-order valence-corrected chi connectivity index (χ4v) is 3.38. The van der Waals surface area contributed by atoms with Crippen molar-refractivity contribution in [2.75, 3.05) is 13.2 Å². The number of rotatable bonds is 1. The molecular weight excluding hydrogens is 259 g/mol. The van der Waals surface area contributed by atoms with Gasteiger partial charge in [-0.25, -0.2) is 9.37 Å². The summed E-state index contributed by atoms with van der Waals surface area (Å²) < 4.78 is 21.1. The first-order chi connectivity index (χ1) is 9.75. The molecule has 0 amide bonds. The van der Waals surface area contributed by atoms with E-state index in [0.29, 0.717) is 19.6 Å². The van der Waals surface area contributed by atoms with Gasteiger partial charge in [0.05, 0.1) is 37.0 Å². The third-order valence-electron chi connectivity index (χ3n) is 4.34. The van der Waals surface area contributed by atoms with Crippen LogP contribution in [0.3, 0.4) is 0 Å². The van der Waals surface area contributed by atoms with Gasteiger partial charge in [-0.15, -0.1) is 0 Å². The van der Waals surface area contributed by atoms with E-state index in [-0.39, 0.29) is 17.8 Å². The van der Waals surface area contributed by atoms with Crippen LogP contribution in [0.5, 0.6) is 0 Å². The molecule has 4 rings (SSSR count). The smallest absolute Gasteiger partial charge is 0.123 e. The maximum absolute atomic E-state index is 13.6. The Kier molecular flexibility index (Phi) is 2.65. The highest BCUT2D eigenvalue weighted by molar-refractivity contribution is 5.69. The van der Waals surface area contributed by atoms with Gasteiger partial charge in [0.15, 0.2) is 0 Å². The van der Waals surface area contributed by atoms with Crippen LogP contribution in [-0.4, -0.2) is 34.0 Å². The van der Waals surface area contributed by atoms with E-state index in [1.54, 1.807) is 24.7 Å². The molecule has 0 aliphatic carbocycles. The van der Waals surface area contributed by atoms with E-state index in [2.05, 4.69) is 4.98 Å². The number of fused-ring (bicyclic) bond motifs is 3. The van der Waals surface area contributed by atoms with Gasteiger partial charge >= 0.3 is 0 Å². The van der Waals surface area contributed by atoms with Crippen molar-refractivity contribution >= 4 is 0 Å². The molecule has 1 aromatic carbocycles. The first-order valence-corrected chi connectivity index (χ1v) is 6.83. The normalized spacial score (nSPS) is 28.2. The summed E-state index contributed by atoms with van der Waals surface area (Å²) in [5.74, 6) is -0.321. The molecule has 0 spiro atoms. The van der Waals surface area contributed by atoms with Crippen molar-refractivity contribution in [1.82, 2.24) is 9.55 Å². The Balaban J connectivity index is 1.85. The molecule has 2 aliphatic rings. The zero-order chi connectivity index (χ0) is 13.7. The van der Waals surface area contributed by atoms with Crippen molar-refractivity contribution in [2.45, 2.75) is 18.6 Å². The van der Waals surface area contributed by atoms with Crippen LogP contribution in [0.25, 0.3) is 11.3 Å². The Morgan fingerprint density at radius 3 is 3.15 bits per heavy atom. The highest BCUT2D eigenvalue weighted by atomic mass is 19.1. The molecule has 2 aliphatic heterocycles. The van der Waals surface area contributed by atoms with Gasteiger partial charge in [0, 0.05) is 18.1 Å². The minimum Gasteiger partial charge on any atom is -0.393 e. The SMILES string of the molecule is O[C@H]1CCOCC1C1c2cc(F)ccc2-c2cncn21. The Hall–Kier alpha value is -1.72. The Morgan fingerprint density at radius 1 is 1.40 bits per heavy atom. The van der Waals surface area contributed by atoms with Crippen LogP contribution in [0, 0.1) is 11.7 Å². The number of halogens is 1. The van der Waals surface area contributed by atoms with Crippen LogP contribution in [-0.2, 0) is 4.74 Å². The van der Waals surface area contributed by atoms with Crippen molar-refractivity contribution in [1.29, 1.82) is 0 Å². The summed E-state index contributed by atoms with van der Waals surface area (Å²) in [5, 5.41) is 10.3. The average molecular weight is 274 g/mol. The summed E-state index contributed by atoms with van der Waals surface area (Å²) in [6.07, 6.45) is 3.72. The van der Waals surface area contributed by atoms with Crippen LogP contribution >= 0.6 is 0 Å². The molecule has 1 aromatic heterocycles. The summed E-state index contributed by atoms with van der Waals surface area (Å²) in [7, 11) is 0. The van der Waals surface area contributed by atoms with E-state index < -0.39 is 6.10 Å². The molecule has 3 heterocycles. The van der Waals surface area contributed by atoms with Crippen LogP contribution in [0.15, 0.2) is 30.7 Å². The van der Waals surface area contributed by atoms with Crippen LogP contribution < -0.4 is 0 Å². The number of benzene rings is 1. The zero-order valence-electron chi connectivity index (χ0n) is 10.9. The Bertz CT molecular complexity index is 655. The molecule has 4 nitrogen and oxygen atoms in total. The second-order valence-electron chi connectivity index (χ2n) is 5.46. The van der Waals surface area contributed by atoms with Gasteiger partial charge in [-0.05, 0) is 30.2 Å².